The van der Waals surface area contributed by atoms with Crippen LogP contribution in [0.5, 0.6) is 17.2 Å². The first-order valence-electron chi connectivity index (χ1n) is 18.1. The number of esters is 1. The zero-order valence-electron chi connectivity index (χ0n) is 28.7. The summed E-state index contributed by atoms with van der Waals surface area (Å²) in [7, 11) is 0. The standard InChI is InChI=1S/C41H57NO4Se/c1-2-3-4-5-6-7-8-9-10-11-12-13-14-15-16-20-31-45-37-27-24-35(25-28-37)41(44)46-38-29-26-36(40(43)33-38)34-42-30-21-32-47-39-22-18-17-19-23-39/h17-19,22-29,33-34,43H,2-16,20-21,30-32H2,1H3. The molecule has 3 rings (SSSR count). The van der Waals surface area contributed by atoms with Gasteiger partial charge in [-0.1, -0.05) is 103 Å². The van der Waals surface area contributed by atoms with Crippen LogP contribution in [-0.2, 0) is 0 Å². The molecule has 256 valence electrons. The Balaban J connectivity index is 1.20. The quantitative estimate of drug-likeness (QED) is 0.0297. The molecule has 0 spiro atoms. The van der Waals surface area contributed by atoms with Gasteiger partial charge in [0.25, 0.3) is 0 Å². The molecule has 47 heavy (non-hydrogen) atoms. The maximum Gasteiger partial charge on any atom is -0.0191 e. The molecule has 0 saturated carbocycles. The molecule has 5 nitrogen and oxygen atoms in total. The van der Waals surface area contributed by atoms with Crippen LogP contribution in [0.25, 0.3) is 0 Å². The third-order valence-corrected chi connectivity index (χ3v) is 10.5. The first kappa shape index (κ1) is 38.4. The number of carbonyl (C=O) groups is 1. The van der Waals surface area contributed by atoms with Gasteiger partial charge in [0.15, 0.2) is 0 Å². The van der Waals surface area contributed by atoms with E-state index in [1.165, 1.54) is 107 Å². The molecule has 0 aliphatic heterocycles. The number of aliphatic imine (C=N–C) groups is 1. The summed E-state index contributed by atoms with van der Waals surface area (Å²) >= 11 is 0.461. The predicted molar refractivity (Wildman–Crippen MR) is 198 cm³/mol. The van der Waals surface area contributed by atoms with Crippen molar-refractivity contribution in [1.82, 2.24) is 0 Å². The van der Waals surface area contributed by atoms with E-state index in [9.17, 15) is 9.90 Å². The summed E-state index contributed by atoms with van der Waals surface area (Å²) in [4.78, 5) is 17.1. The monoisotopic (exact) mass is 707 g/mol. The van der Waals surface area contributed by atoms with Gasteiger partial charge in [-0.2, -0.15) is 0 Å². The number of aromatic hydroxyl groups is 1. The number of nitrogens with zero attached hydrogens (tertiary/aromatic N) is 1. The Hall–Kier alpha value is -3.08. The van der Waals surface area contributed by atoms with Crippen LogP contribution in [0, 0.1) is 0 Å². The van der Waals surface area contributed by atoms with E-state index in [2.05, 4.69) is 36.2 Å². The fourth-order valence-corrected chi connectivity index (χ4v) is 7.22. The van der Waals surface area contributed by atoms with Gasteiger partial charge in [0, 0.05) is 0 Å². The maximum atomic E-state index is 12.7. The van der Waals surface area contributed by atoms with E-state index in [-0.39, 0.29) is 5.75 Å². The minimum Gasteiger partial charge on any atom is -0.0440 e. The summed E-state index contributed by atoms with van der Waals surface area (Å²) in [5, 5.41) is 11.5. The number of hydrogen-bond acceptors (Lipinski definition) is 5. The summed E-state index contributed by atoms with van der Waals surface area (Å²) in [5.41, 5.74) is 1.03. The van der Waals surface area contributed by atoms with E-state index in [1.54, 1.807) is 42.6 Å². The molecule has 3 aromatic rings. The van der Waals surface area contributed by atoms with E-state index in [0.29, 0.717) is 45.0 Å². The molecule has 0 amide bonds. The van der Waals surface area contributed by atoms with Gasteiger partial charge in [0.2, 0.25) is 0 Å². The van der Waals surface area contributed by atoms with Gasteiger partial charge in [0.05, 0.1) is 6.61 Å². The van der Waals surface area contributed by atoms with E-state index < -0.39 is 5.97 Å². The molecule has 6 heteroatoms. The Morgan fingerprint density at radius 3 is 1.87 bits per heavy atom. The average Bonchev–Trinajstić information content (AvgIpc) is 3.09. The van der Waals surface area contributed by atoms with Crippen LogP contribution in [0.2, 0.25) is 5.32 Å². The smallest absolute Gasteiger partial charge is 0.0191 e. The minimum absolute atomic E-state index is 0.0328. The average molecular weight is 707 g/mol. The fraction of sp³-hybridized carbons (Fsp3) is 0.512. The number of phenolic OH excluding ortho intramolecular Hbond substituents is 1. The molecule has 0 aliphatic rings. The molecule has 3 aromatic carbocycles. The van der Waals surface area contributed by atoms with Gasteiger partial charge in [-0.15, -0.1) is 0 Å². The predicted octanol–water partition coefficient (Wildman–Crippen LogP) is 10.5. The normalized spacial score (nSPS) is 11.3. The van der Waals surface area contributed by atoms with E-state index in [4.69, 9.17) is 9.47 Å². The van der Waals surface area contributed by atoms with Gasteiger partial charge < -0.3 is 4.74 Å². The molecule has 0 aromatic heterocycles. The molecule has 0 saturated heterocycles. The second-order valence-corrected chi connectivity index (χ2v) is 14.8. The second kappa shape index (κ2) is 25.0. The SMILES string of the molecule is CCCCCCCCCCCCCCCCCCOc1ccc(C(=O)Oc2ccc(C=NCCC[Se]c3ccccc3)c(O)c2)cc1. The first-order valence-corrected chi connectivity index (χ1v) is 20.2. The van der Waals surface area contributed by atoms with Gasteiger partial charge in [-0.3, -0.25) is 0 Å². The van der Waals surface area contributed by atoms with Crippen LogP contribution in [0.3, 0.4) is 0 Å². The van der Waals surface area contributed by atoms with Crippen molar-refractivity contribution in [2.24, 2.45) is 4.99 Å². The third kappa shape index (κ3) is 17.6. The number of phenols is 1. The molecule has 0 fully saturated rings. The first-order chi connectivity index (χ1) is 23.2. The number of hydrogen-bond donors (Lipinski definition) is 1. The van der Waals surface area contributed by atoms with Crippen LogP contribution in [0.1, 0.15) is 132 Å². The third-order valence-electron chi connectivity index (χ3n) is 8.24. The Kier molecular flexibility index (Phi) is 20.4. The number of ether oxygens (including phenoxy) is 2. The second-order valence-electron chi connectivity index (χ2n) is 12.3. The van der Waals surface area contributed by atoms with Crippen LogP contribution < -0.4 is 13.9 Å². The van der Waals surface area contributed by atoms with Gasteiger partial charge in [-0.25, -0.2) is 0 Å². The van der Waals surface area contributed by atoms with Crippen LogP contribution in [-0.4, -0.2) is 45.4 Å². The van der Waals surface area contributed by atoms with Gasteiger partial charge in [-0.05, 0) is 30.7 Å². The molecule has 1 N–H and O–H groups in total. The van der Waals surface area contributed by atoms with Crippen molar-refractivity contribution in [3.63, 3.8) is 0 Å². The van der Waals surface area contributed by atoms with Crippen LogP contribution in [0.15, 0.2) is 77.8 Å². The largest absolute Gasteiger partial charge is 0.0440 e. The van der Waals surface area contributed by atoms with Gasteiger partial charge in [0.1, 0.15) is 5.75 Å². The van der Waals surface area contributed by atoms with E-state index in [1.807, 2.05) is 6.07 Å². The van der Waals surface area contributed by atoms with Gasteiger partial charge >= 0.3 is 141 Å². The molecular formula is C41H57NO4Se. The molecule has 0 aliphatic carbocycles. The summed E-state index contributed by atoms with van der Waals surface area (Å²) in [6.07, 6.45) is 24.3. The Bertz CT molecular complexity index is 1260. The number of rotatable bonds is 26. The molecule has 0 bridgehead atoms. The fourth-order valence-electron chi connectivity index (χ4n) is 5.42. The molecule has 0 heterocycles. The zero-order chi connectivity index (χ0) is 33.2. The Morgan fingerprint density at radius 2 is 1.28 bits per heavy atom. The Labute approximate surface area is 290 Å². The van der Waals surface area contributed by atoms with Crippen molar-refractivity contribution in [3.8, 4) is 17.2 Å². The summed E-state index contributed by atoms with van der Waals surface area (Å²) in [5.74, 6) is 0.602. The summed E-state index contributed by atoms with van der Waals surface area (Å²) in [6.45, 7) is 3.68. The van der Waals surface area contributed by atoms with E-state index >= 15 is 0 Å². The number of benzene rings is 3. The summed E-state index contributed by atoms with van der Waals surface area (Å²) in [6, 6.07) is 22.4. The van der Waals surface area contributed by atoms with Crippen molar-refractivity contribution in [2.75, 3.05) is 13.2 Å². The van der Waals surface area contributed by atoms with Crippen LogP contribution >= 0.6 is 0 Å². The van der Waals surface area contributed by atoms with Crippen molar-refractivity contribution < 1.29 is 19.4 Å². The van der Waals surface area contributed by atoms with E-state index in [0.717, 1.165) is 23.9 Å². The maximum absolute atomic E-state index is 12.7. The topological polar surface area (TPSA) is 68.1 Å². The minimum atomic E-state index is -0.476. The molecule has 0 radical (unpaired) electrons. The van der Waals surface area contributed by atoms with Crippen molar-refractivity contribution >= 4 is 31.6 Å². The molecule has 0 atom stereocenters. The molecular weight excluding hydrogens is 649 g/mol. The molecule has 0 unspecified atom stereocenters. The number of unbranched alkanes of at least 4 members (excludes halogenated alkanes) is 15. The number of carbonyl (C=O) groups excluding carboxylic acids is 1. The zero-order valence-corrected chi connectivity index (χ0v) is 30.4. The van der Waals surface area contributed by atoms with Crippen molar-refractivity contribution in [1.29, 1.82) is 0 Å². The van der Waals surface area contributed by atoms with Crippen LogP contribution in [0.4, 0.5) is 0 Å². The van der Waals surface area contributed by atoms with Crippen molar-refractivity contribution in [2.45, 2.75) is 121 Å². The van der Waals surface area contributed by atoms with Crippen molar-refractivity contribution in [3.05, 3.63) is 83.9 Å². The summed E-state index contributed by atoms with van der Waals surface area (Å²) < 4.78 is 12.8. The Morgan fingerprint density at radius 1 is 0.702 bits per heavy atom.